The zero-order valence-electron chi connectivity index (χ0n) is 25.2. The van der Waals surface area contributed by atoms with E-state index in [9.17, 15) is 24.5 Å². The maximum Gasteiger partial charge on any atom is 0.335 e. The molecule has 1 aliphatic heterocycles. The molecule has 5 aliphatic rings. The number of ether oxygens (including phenoxy) is 2. The van der Waals surface area contributed by atoms with Crippen molar-refractivity contribution in [2.45, 2.75) is 50.5 Å². The lowest BCUT2D eigenvalue weighted by molar-refractivity contribution is -0.384. The van der Waals surface area contributed by atoms with Crippen LogP contribution in [0.5, 0.6) is 11.5 Å². The average Bonchev–Trinajstić information content (AvgIpc) is 3.02. The zero-order chi connectivity index (χ0) is 32.2. The standard InChI is InChI=1S/C35H32BrN3O7/c1-45-30-14-24(29(36)15-31(30)46-19-20-2-6-27(7-3-20)39(43)44)13-28-32(40)37-34(42)38(33(28)41)26-8-4-25(5-9-26)35-16-21-10-22(17-35)12-23(11-21)18-35/h2-9,13-15,21-23H,10-12,16-19H2,1H3,(H,37,40,42)/b28-13+. The van der Waals surface area contributed by atoms with E-state index in [-0.39, 0.29) is 23.3 Å². The van der Waals surface area contributed by atoms with E-state index in [2.05, 4.69) is 33.4 Å². The van der Waals surface area contributed by atoms with Gasteiger partial charge in [0.2, 0.25) is 0 Å². The van der Waals surface area contributed by atoms with Crippen LogP contribution in [0, 0.1) is 27.9 Å². The van der Waals surface area contributed by atoms with Crippen LogP contribution >= 0.6 is 15.9 Å². The average molecular weight is 687 g/mol. The van der Waals surface area contributed by atoms with Gasteiger partial charge in [-0.15, -0.1) is 0 Å². The van der Waals surface area contributed by atoms with E-state index in [1.807, 2.05) is 12.1 Å². The van der Waals surface area contributed by atoms with Gasteiger partial charge >= 0.3 is 6.03 Å². The third kappa shape index (κ3) is 5.46. The highest BCUT2D eigenvalue weighted by molar-refractivity contribution is 9.10. The minimum absolute atomic E-state index is 0.0161. The number of carbonyl (C=O) groups excluding carboxylic acids is 3. The lowest BCUT2D eigenvalue weighted by Gasteiger charge is -2.57. The summed E-state index contributed by atoms with van der Waals surface area (Å²) in [5.74, 6) is 1.61. The molecule has 0 spiro atoms. The Morgan fingerprint density at radius 1 is 0.957 bits per heavy atom. The lowest BCUT2D eigenvalue weighted by Crippen LogP contribution is -2.54. The van der Waals surface area contributed by atoms with Crippen molar-refractivity contribution in [2.75, 3.05) is 12.0 Å². The second-order valence-corrected chi connectivity index (χ2v) is 13.8. The van der Waals surface area contributed by atoms with E-state index in [0.717, 1.165) is 28.2 Å². The molecular formula is C35H32BrN3O7. The Bertz CT molecular complexity index is 1750. The van der Waals surface area contributed by atoms with E-state index in [4.69, 9.17) is 9.47 Å². The van der Waals surface area contributed by atoms with E-state index >= 15 is 0 Å². The smallest absolute Gasteiger partial charge is 0.335 e. The zero-order valence-corrected chi connectivity index (χ0v) is 26.7. The first-order chi connectivity index (χ1) is 22.1. The summed E-state index contributed by atoms with van der Waals surface area (Å²) >= 11 is 3.50. The normalized spacial score (nSPS) is 26.0. The Balaban J connectivity index is 1.11. The number of rotatable bonds is 8. The van der Waals surface area contributed by atoms with Gasteiger partial charge in [-0.3, -0.25) is 25.0 Å². The summed E-state index contributed by atoms with van der Waals surface area (Å²) in [5, 5.41) is 13.2. The van der Waals surface area contributed by atoms with Crippen LogP contribution in [0.4, 0.5) is 16.2 Å². The predicted molar refractivity (Wildman–Crippen MR) is 173 cm³/mol. The molecule has 4 saturated carbocycles. The number of hydrogen-bond donors (Lipinski definition) is 1. The summed E-state index contributed by atoms with van der Waals surface area (Å²) < 4.78 is 11.9. The molecule has 4 bridgehead atoms. The van der Waals surface area contributed by atoms with E-state index in [1.165, 1.54) is 69.4 Å². The van der Waals surface area contributed by atoms with Crippen molar-refractivity contribution in [3.8, 4) is 11.5 Å². The number of anilines is 1. The van der Waals surface area contributed by atoms with Gasteiger partial charge in [0.1, 0.15) is 12.2 Å². The number of non-ortho nitro benzene ring substituents is 1. The van der Waals surface area contributed by atoms with Crippen molar-refractivity contribution in [1.82, 2.24) is 5.32 Å². The van der Waals surface area contributed by atoms with Crippen molar-refractivity contribution >= 4 is 51.2 Å². The fourth-order valence-corrected chi connectivity index (χ4v) is 8.72. The molecule has 0 aromatic heterocycles. The second-order valence-electron chi connectivity index (χ2n) is 12.9. The third-order valence-corrected chi connectivity index (χ3v) is 10.7. The van der Waals surface area contributed by atoms with Gasteiger partial charge in [-0.1, -0.05) is 28.1 Å². The molecule has 3 aromatic rings. The third-order valence-electron chi connectivity index (χ3n) is 10.0. The number of imide groups is 2. The molecule has 0 radical (unpaired) electrons. The topological polar surface area (TPSA) is 128 Å². The number of nitro benzene ring substituents is 1. The van der Waals surface area contributed by atoms with Gasteiger partial charge in [-0.05, 0) is 121 Å². The Hall–Kier alpha value is -4.51. The van der Waals surface area contributed by atoms with Crippen LogP contribution in [-0.2, 0) is 21.6 Å². The van der Waals surface area contributed by atoms with Gasteiger partial charge in [-0.2, -0.15) is 0 Å². The summed E-state index contributed by atoms with van der Waals surface area (Å²) in [7, 11) is 1.46. The van der Waals surface area contributed by atoms with Crippen LogP contribution in [0.25, 0.3) is 6.08 Å². The molecule has 8 rings (SSSR count). The highest BCUT2D eigenvalue weighted by Gasteiger charge is 2.51. The molecule has 3 aromatic carbocycles. The molecule has 4 aliphatic carbocycles. The number of nitro groups is 1. The van der Waals surface area contributed by atoms with Gasteiger partial charge in [-0.25, -0.2) is 9.69 Å². The molecule has 4 amide bonds. The number of nitrogens with zero attached hydrogens (tertiary/aromatic N) is 2. The summed E-state index contributed by atoms with van der Waals surface area (Å²) in [5.41, 5.74) is 2.83. The Morgan fingerprint density at radius 3 is 2.17 bits per heavy atom. The van der Waals surface area contributed by atoms with Crippen LogP contribution in [0.15, 0.2) is 70.7 Å². The monoisotopic (exact) mass is 685 g/mol. The summed E-state index contributed by atoms with van der Waals surface area (Å²) in [6.07, 6.45) is 9.09. The number of urea groups is 1. The number of carbonyl (C=O) groups is 3. The quantitative estimate of drug-likeness (QED) is 0.116. The van der Waals surface area contributed by atoms with Crippen molar-refractivity contribution in [1.29, 1.82) is 0 Å². The van der Waals surface area contributed by atoms with Crippen molar-refractivity contribution < 1.29 is 28.8 Å². The first-order valence-corrected chi connectivity index (χ1v) is 16.2. The maximum absolute atomic E-state index is 13.7. The summed E-state index contributed by atoms with van der Waals surface area (Å²) in [6, 6.07) is 16.2. The van der Waals surface area contributed by atoms with E-state index < -0.39 is 22.8 Å². The fraction of sp³-hybridized carbons (Fsp3) is 0.343. The maximum atomic E-state index is 13.7. The SMILES string of the molecule is COc1cc(/C=C2\C(=O)NC(=O)N(c3ccc(C45CC6CC(CC(C6)C4)C5)cc3)C2=O)c(Br)cc1OCc1ccc([N+](=O)[O-])cc1. The van der Waals surface area contributed by atoms with Gasteiger partial charge in [0.25, 0.3) is 17.5 Å². The molecule has 11 heteroatoms. The Morgan fingerprint density at radius 2 is 1.59 bits per heavy atom. The Kier molecular flexibility index (Phi) is 7.67. The largest absolute Gasteiger partial charge is 0.493 e. The van der Waals surface area contributed by atoms with E-state index in [1.54, 1.807) is 24.3 Å². The number of barbiturate groups is 1. The number of nitrogens with one attached hydrogen (secondary N) is 1. The van der Waals surface area contributed by atoms with Crippen LogP contribution in [-0.4, -0.2) is 29.9 Å². The minimum atomic E-state index is -0.791. The number of methoxy groups -OCH3 is 1. The summed E-state index contributed by atoms with van der Waals surface area (Å²) in [6.45, 7) is 0.126. The van der Waals surface area contributed by atoms with Crippen molar-refractivity contribution in [3.05, 3.63) is 97.5 Å². The molecule has 1 heterocycles. The first kappa shape index (κ1) is 30.2. The first-order valence-electron chi connectivity index (χ1n) is 15.4. The highest BCUT2D eigenvalue weighted by Crippen LogP contribution is 2.60. The van der Waals surface area contributed by atoms with Crippen molar-refractivity contribution in [3.63, 3.8) is 0 Å². The lowest BCUT2D eigenvalue weighted by atomic mass is 9.48. The van der Waals surface area contributed by atoms with Gasteiger partial charge < -0.3 is 9.47 Å². The van der Waals surface area contributed by atoms with Crippen molar-refractivity contribution in [2.24, 2.45) is 17.8 Å². The van der Waals surface area contributed by atoms with Gasteiger partial charge in [0, 0.05) is 16.6 Å². The molecule has 1 N–H and O–H groups in total. The molecule has 10 nitrogen and oxygen atoms in total. The molecule has 236 valence electrons. The molecule has 1 saturated heterocycles. The predicted octanol–water partition coefficient (Wildman–Crippen LogP) is 7.08. The molecule has 5 fully saturated rings. The van der Waals surface area contributed by atoms with E-state index in [0.29, 0.717) is 27.2 Å². The minimum Gasteiger partial charge on any atom is -0.493 e. The summed E-state index contributed by atoms with van der Waals surface area (Å²) in [4.78, 5) is 51.0. The van der Waals surface area contributed by atoms with Crippen LogP contribution in [0.2, 0.25) is 0 Å². The molecule has 46 heavy (non-hydrogen) atoms. The number of hydrogen-bond acceptors (Lipinski definition) is 7. The van der Waals surface area contributed by atoms with Crippen LogP contribution < -0.4 is 19.7 Å². The molecular weight excluding hydrogens is 654 g/mol. The van der Waals surface area contributed by atoms with Crippen LogP contribution in [0.1, 0.15) is 55.2 Å². The van der Waals surface area contributed by atoms with Crippen LogP contribution in [0.3, 0.4) is 0 Å². The van der Waals surface area contributed by atoms with Gasteiger partial charge in [0.05, 0.1) is 17.7 Å². The molecule has 0 unspecified atom stereocenters. The second kappa shape index (κ2) is 11.7. The highest BCUT2D eigenvalue weighted by atomic mass is 79.9. The Labute approximate surface area is 274 Å². The molecule has 0 atom stereocenters. The number of benzene rings is 3. The fourth-order valence-electron chi connectivity index (χ4n) is 8.28. The number of amides is 4. The van der Waals surface area contributed by atoms with Gasteiger partial charge in [0.15, 0.2) is 11.5 Å². The number of halogens is 1.